The molecule has 4 N–H and O–H groups in total. The van der Waals surface area contributed by atoms with E-state index in [2.05, 4.69) is 0 Å². The van der Waals surface area contributed by atoms with Crippen LogP contribution >= 0.6 is 0 Å². The molecule has 0 radical (unpaired) electrons. The van der Waals surface area contributed by atoms with Gasteiger partial charge in [-0.15, -0.1) is 0 Å². The number of carbonyl (C=O) groups excluding carboxylic acids is 2. The lowest BCUT2D eigenvalue weighted by Gasteiger charge is -2.09. The Balaban J connectivity index is 3.67. The Morgan fingerprint density at radius 2 is 1.09 bits per heavy atom. The lowest BCUT2D eigenvalue weighted by Crippen LogP contribution is -2.25. The summed E-state index contributed by atoms with van der Waals surface area (Å²) in [4.78, 5) is 45.5. The molecule has 0 spiro atoms. The summed E-state index contributed by atoms with van der Waals surface area (Å²) < 4.78 is 0. The van der Waals surface area contributed by atoms with Crippen LogP contribution in [0.5, 0.6) is 0 Å². The van der Waals surface area contributed by atoms with Crippen molar-refractivity contribution >= 4 is 23.8 Å². The van der Waals surface area contributed by atoms with Crippen molar-refractivity contribution < 1.29 is 29.4 Å². The van der Waals surface area contributed by atoms with E-state index in [4.69, 9.17) is 20.7 Å². The Bertz CT molecular complexity index is 710. The summed E-state index contributed by atoms with van der Waals surface area (Å²) in [6.07, 6.45) is 2.56. The number of benzene rings is 1. The van der Waals surface area contributed by atoms with Gasteiger partial charge in [0.2, 0.25) is 0 Å². The molecule has 10 nitrogen and oxygen atoms in total. The average molecular weight is 302 g/mol. The maximum absolute atomic E-state index is 11.6. The van der Waals surface area contributed by atoms with Crippen LogP contribution in [0, 0.1) is 22.9 Å². The van der Waals surface area contributed by atoms with Crippen LogP contribution in [-0.2, 0) is 0 Å². The number of nitrogens with zero attached hydrogens (tertiary/aromatic N) is 2. The first kappa shape index (κ1) is 16.1. The van der Waals surface area contributed by atoms with Gasteiger partial charge in [0.05, 0.1) is 22.3 Å². The second-order valence-electron chi connectivity index (χ2n) is 3.69. The maximum Gasteiger partial charge on any atom is 0.336 e. The summed E-state index contributed by atoms with van der Waals surface area (Å²) >= 11 is 0. The smallest absolute Gasteiger partial charge is 0.336 e. The molecule has 0 aliphatic heterocycles. The summed E-state index contributed by atoms with van der Waals surface area (Å²) in [5.74, 6) is -5.53. The minimum atomic E-state index is -1.63. The molecule has 0 fully saturated rings. The van der Waals surface area contributed by atoms with Crippen molar-refractivity contribution in [3.63, 3.8) is 0 Å². The van der Waals surface area contributed by atoms with Crippen LogP contribution in [0.25, 0.3) is 0 Å². The van der Waals surface area contributed by atoms with Gasteiger partial charge in [-0.2, -0.15) is 10.5 Å². The second kappa shape index (κ2) is 6.49. The second-order valence-corrected chi connectivity index (χ2v) is 3.69. The van der Waals surface area contributed by atoms with Crippen LogP contribution in [0.1, 0.15) is 41.4 Å². The Morgan fingerprint density at radius 1 is 0.773 bits per heavy atom. The van der Waals surface area contributed by atoms with Crippen molar-refractivity contribution in [2.75, 3.05) is 0 Å². The molecule has 0 aliphatic carbocycles. The van der Waals surface area contributed by atoms with E-state index < -0.39 is 46.0 Å². The molecular formula is C12H6N4O6. The highest BCUT2D eigenvalue weighted by Gasteiger charge is 2.25. The Hall–Kier alpha value is -3.92. The molecule has 0 aliphatic rings. The van der Waals surface area contributed by atoms with E-state index in [1.165, 1.54) is 12.4 Å². The Morgan fingerprint density at radius 3 is 1.36 bits per heavy atom. The van der Waals surface area contributed by atoms with Gasteiger partial charge in [-0.1, -0.05) is 0 Å². The van der Waals surface area contributed by atoms with E-state index in [1.807, 2.05) is 0 Å². The van der Waals surface area contributed by atoms with E-state index in [1.54, 1.807) is 10.6 Å². The zero-order valence-electron chi connectivity index (χ0n) is 10.6. The first-order chi connectivity index (χ1) is 10.3. The van der Waals surface area contributed by atoms with Crippen molar-refractivity contribution in [3.8, 4) is 12.4 Å². The number of aromatic carboxylic acids is 2. The predicted molar refractivity (Wildman–Crippen MR) is 66.5 cm³/mol. The summed E-state index contributed by atoms with van der Waals surface area (Å²) in [6.45, 7) is 0. The highest BCUT2D eigenvalue weighted by Crippen LogP contribution is 2.18. The van der Waals surface area contributed by atoms with Crippen LogP contribution in [0.3, 0.4) is 0 Å². The monoisotopic (exact) mass is 302 g/mol. The number of hydrogen-bond donors (Lipinski definition) is 4. The van der Waals surface area contributed by atoms with Gasteiger partial charge >= 0.3 is 11.9 Å². The number of amides is 2. The molecule has 0 heterocycles. The van der Waals surface area contributed by atoms with E-state index in [9.17, 15) is 19.2 Å². The number of carbonyl (C=O) groups is 4. The van der Waals surface area contributed by atoms with Gasteiger partial charge in [-0.3, -0.25) is 20.2 Å². The Labute approximate surface area is 122 Å². The van der Waals surface area contributed by atoms with Crippen molar-refractivity contribution in [1.82, 2.24) is 10.6 Å². The van der Waals surface area contributed by atoms with Gasteiger partial charge in [0.1, 0.15) is 0 Å². The third-order valence-corrected chi connectivity index (χ3v) is 2.45. The van der Waals surface area contributed by atoms with E-state index in [0.29, 0.717) is 12.1 Å². The van der Waals surface area contributed by atoms with Crippen LogP contribution in [0.15, 0.2) is 12.1 Å². The molecule has 0 bridgehead atoms. The fraction of sp³-hybridized carbons (Fsp3) is 0. The SMILES string of the molecule is N#CNC(=O)c1cc(C(=O)NC#N)c(C(=O)O)cc1C(=O)O. The standard InChI is InChI=1S/C12H6N4O6/c13-3-15-9(17)5-1-6(10(18)16-4-14)8(12(21)22)2-7(5)11(19)20/h1-2H,(H,15,17)(H,16,18)(H,19,20)(H,21,22). The third kappa shape index (κ3) is 3.15. The molecule has 22 heavy (non-hydrogen) atoms. The number of rotatable bonds is 4. The molecule has 1 aromatic rings. The zero-order chi connectivity index (χ0) is 16.9. The Kier molecular flexibility index (Phi) is 4.76. The predicted octanol–water partition coefficient (Wildman–Crippen LogP) is -0.495. The molecule has 0 unspecified atom stereocenters. The summed E-state index contributed by atoms with van der Waals surface area (Å²) in [6, 6.07) is 1.29. The molecule has 10 heteroatoms. The van der Waals surface area contributed by atoms with Crippen molar-refractivity contribution in [2.24, 2.45) is 0 Å². The van der Waals surface area contributed by atoms with E-state index in [-0.39, 0.29) is 0 Å². The summed E-state index contributed by atoms with van der Waals surface area (Å²) in [5, 5.41) is 38.1. The molecular weight excluding hydrogens is 296 g/mol. The number of nitrogens with one attached hydrogen (secondary N) is 2. The summed E-state index contributed by atoms with van der Waals surface area (Å²) in [7, 11) is 0. The fourth-order valence-electron chi connectivity index (χ4n) is 1.57. The molecule has 0 aromatic heterocycles. The molecule has 0 atom stereocenters. The van der Waals surface area contributed by atoms with Gasteiger partial charge < -0.3 is 10.2 Å². The zero-order valence-corrected chi connectivity index (χ0v) is 10.6. The first-order valence-corrected chi connectivity index (χ1v) is 5.37. The molecule has 1 aromatic carbocycles. The largest absolute Gasteiger partial charge is 0.478 e. The van der Waals surface area contributed by atoms with Gasteiger partial charge in [0.25, 0.3) is 11.8 Å². The molecule has 110 valence electrons. The normalized spacial score (nSPS) is 9.00. The van der Waals surface area contributed by atoms with E-state index in [0.717, 1.165) is 0 Å². The third-order valence-electron chi connectivity index (χ3n) is 2.45. The van der Waals surface area contributed by atoms with E-state index >= 15 is 0 Å². The summed E-state index contributed by atoms with van der Waals surface area (Å²) in [5.41, 5.74) is -2.61. The van der Waals surface area contributed by atoms with Gasteiger partial charge in [0.15, 0.2) is 12.4 Å². The van der Waals surface area contributed by atoms with Gasteiger partial charge in [-0.05, 0) is 12.1 Å². The molecule has 0 saturated heterocycles. The van der Waals surface area contributed by atoms with Crippen LogP contribution in [-0.4, -0.2) is 34.0 Å². The maximum atomic E-state index is 11.6. The lowest BCUT2D eigenvalue weighted by atomic mass is 9.97. The van der Waals surface area contributed by atoms with Crippen molar-refractivity contribution in [2.45, 2.75) is 0 Å². The van der Waals surface area contributed by atoms with Crippen molar-refractivity contribution in [1.29, 1.82) is 10.5 Å². The number of carboxylic acid groups (broad SMARTS) is 2. The highest BCUT2D eigenvalue weighted by atomic mass is 16.4. The van der Waals surface area contributed by atoms with Crippen LogP contribution in [0.2, 0.25) is 0 Å². The van der Waals surface area contributed by atoms with Crippen molar-refractivity contribution in [3.05, 3.63) is 34.4 Å². The average Bonchev–Trinajstić information content (AvgIpc) is 2.46. The highest BCUT2D eigenvalue weighted by molar-refractivity contribution is 6.12. The fourth-order valence-corrected chi connectivity index (χ4v) is 1.57. The van der Waals surface area contributed by atoms with Crippen LogP contribution < -0.4 is 10.6 Å². The van der Waals surface area contributed by atoms with Gasteiger partial charge in [0, 0.05) is 0 Å². The van der Waals surface area contributed by atoms with Crippen LogP contribution in [0.4, 0.5) is 0 Å². The molecule has 2 amide bonds. The minimum Gasteiger partial charge on any atom is -0.478 e. The minimum absolute atomic E-state index is 0.595. The van der Waals surface area contributed by atoms with Gasteiger partial charge in [-0.25, -0.2) is 9.59 Å². The number of carboxylic acids is 2. The number of hydrogen-bond acceptors (Lipinski definition) is 6. The lowest BCUT2D eigenvalue weighted by molar-refractivity contribution is 0.0688. The molecule has 1 rings (SSSR count). The first-order valence-electron chi connectivity index (χ1n) is 5.37. The number of nitriles is 2. The topological polar surface area (TPSA) is 180 Å². The molecule has 0 saturated carbocycles. The quantitative estimate of drug-likeness (QED) is 0.424.